The van der Waals surface area contributed by atoms with Crippen LogP contribution in [-0.2, 0) is 18.9 Å². The molecule has 0 aliphatic carbocycles. The Hall–Kier alpha value is -1.62. The lowest BCUT2D eigenvalue weighted by Crippen LogP contribution is -2.50. The molecule has 0 saturated carbocycles. The molecule has 4 heterocycles. The van der Waals surface area contributed by atoms with Crippen molar-refractivity contribution in [1.82, 2.24) is 19.6 Å². The van der Waals surface area contributed by atoms with Crippen LogP contribution >= 0.6 is 0 Å². The van der Waals surface area contributed by atoms with Crippen molar-refractivity contribution in [2.24, 2.45) is 0 Å². The van der Waals surface area contributed by atoms with Gasteiger partial charge in [-0.3, -0.25) is 19.6 Å². The first-order valence-electron chi connectivity index (χ1n) is 9.56. The Morgan fingerprint density at radius 3 is 1.18 bits per heavy atom. The Morgan fingerprint density at radius 2 is 0.893 bits per heavy atom. The van der Waals surface area contributed by atoms with E-state index < -0.39 is 48.6 Å². The second kappa shape index (κ2) is 5.94. The van der Waals surface area contributed by atoms with Crippen molar-refractivity contribution < 1.29 is 28.5 Å². The Bertz CT molecular complexity index is 631. The molecule has 4 fully saturated rings. The molecule has 0 bridgehead atoms. The van der Waals surface area contributed by atoms with E-state index >= 15 is 0 Å². The zero-order valence-corrected chi connectivity index (χ0v) is 17.7. The minimum absolute atomic E-state index is 0.143. The second-order valence-corrected chi connectivity index (χ2v) is 9.71. The Kier molecular flexibility index (Phi) is 4.18. The molecule has 10 nitrogen and oxygen atoms in total. The predicted molar refractivity (Wildman–Crippen MR) is 96.6 cm³/mol. The number of hydrogen-bond acceptors (Lipinski definition) is 6. The lowest BCUT2D eigenvalue weighted by molar-refractivity contribution is -0.245. The number of ether oxygens (including phenoxy) is 4. The van der Waals surface area contributed by atoms with Gasteiger partial charge in [-0.05, 0) is 41.5 Å². The largest absolute Gasteiger partial charge is 0.324 e. The van der Waals surface area contributed by atoms with Gasteiger partial charge in [0, 0.05) is 25.2 Å². The number of hydrogen-bond donors (Lipinski definition) is 0. The lowest BCUT2D eigenvalue weighted by Gasteiger charge is -2.36. The van der Waals surface area contributed by atoms with E-state index in [2.05, 4.69) is 0 Å². The summed E-state index contributed by atoms with van der Waals surface area (Å²) in [5.74, 6) is 0. The highest BCUT2D eigenvalue weighted by Crippen LogP contribution is 2.42. The van der Waals surface area contributed by atoms with Crippen LogP contribution in [0.25, 0.3) is 0 Å². The molecule has 4 saturated heterocycles. The number of nitrogens with zero attached hydrogens (tertiary/aromatic N) is 4. The van der Waals surface area contributed by atoms with Crippen LogP contribution in [0.5, 0.6) is 0 Å². The van der Waals surface area contributed by atoms with Gasteiger partial charge in [-0.15, -0.1) is 0 Å². The number of rotatable bonds is 1. The third-order valence-electron chi connectivity index (χ3n) is 5.54. The molecular formula is C18H30N4O6. The van der Waals surface area contributed by atoms with Crippen LogP contribution in [0.1, 0.15) is 41.5 Å². The average Bonchev–Trinajstić information content (AvgIpc) is 3.24. The van der Waals surface area contributed by atoms with E-state index in [1.807, 2.05) is 41.5 Å². The van der Waals surface area contributed by atoms with E-state index in [1.54, 1.807) is 23.9 Å². The highest BCUT2D eigenvalue weighted by Gasteiger charge is 2.61. The second-order valence-electron chi connectivity index (χ2n) is 9.71. The molecule has 0 unspecified atom stereocenters. The van der Waals surface area contributed by atoms with Crippen LogP contribution < -0.4 is 0 Å². The fourth-order valence-corrected chi connectivity index (χ4v) is 4.19. The molecule has 6 atom stereocenters. The SMILES string of the molecule is CN1C(=O)N(C(C)(C)C)[C@@H]2O[C@H]([C@H]3O[C@@H]4[C@H](O3)N(C(C)(C)C)C(=O)N4C)O[C@H]21. The summed E-state index contributed by atoms with van der Waals surface area (Å²) in [7, 11) is 3.38. The van der Waals surface area contributed by atoms with Crippen LogP contribution in [0.15, 0.2) is 0 Å². The maximum atomic E-state index is 12.6. The molecule has 28 heavy (non-hydrogen) atoms. The molecule has 0 radical (unpaired) electrons. The molecule has 4 aliphatic heterocycles. The van der Waals surface area contributed by atoms with Gasteiger partial charge in [0.1, 0.15) is 0 Å². The van der Waals surface area contributed by atoms with Crippen LogP contribution in [0, 0.1) is 0 Å². The molecule has 4 amide bonds. The summed E-state index contributed by atoms with van der Waals surface area (Å²) in [6.07, 6.45) is -3.77. The number of urea groups is 2. The molecule has 0 N–H and O–H groups in total. The predicted octanol–water partition coefficient (Wildman–Crippen LogP) is 1.37. The summed E-state index contributed by atoms with van der Waals surface area (Å²) in [6, 6.07) is -0.286. The van der Waals surface area contributed by atoms with Gasteiger partial charge in [0.2, 0.25) is 12.6 Å². The van der Waals surface area contributed by atoms with Crippen LogP contribution in [-0.4, -0.2) is 94.3 Å². The molecule has 0 spiro atoms. The third-order valence-corrected chi connectivity index (χ3v) is 5.54. The summed E-state index contributed by atoms with van der Waals surface area (Å²) >= 11 is 0. The minimum Gasteiger partial charge on any atom is -0.319 e. The number of amides is 4. The summed E-state index contributed by atoms with van der Waals surface area (Å²) < 4.78 is 24.1. The third kappa shape index (κ3) is 2.69. The van der Waals surface area contributed by atoms with Crippen molar-refractivity contribution in [3.8, 4) is 0 Å². The van der Waals surface area contributed by atoms with Crippen LogP contribution in [0.2, 0.25) is 0 Å². The highest BCUT2D eigenvalue weighted by atomic mass is 16.8. The first kappa shape index (κ1) is 19.7. The number of carbonyl (C=O) groups excluding carboxylic acids is 2. The van der Waals surface area contributed by atoms with Gasteiger partial charge in [-0.25, -0.2) is 9.59 Å². The highest BCUT2D eigenvalue weighted by molar-refractivity contribution is 5.78. The van der Waals surface area contributed by atoms with E-state index in [9.17, 15) is 9.59 Å². The summed E-state index contributed by atoms with van der Waals surface area (Å²) in [5, 5.41) is 0. The van der Waals surface area contributed by atoms with Gasteiger partial charge in [-0.2, -0.15) is 0 Å². The fraction of sp³-hybridized carbons (Fsp3) is 0.889. The first-order valence-corrected chi connectivity index (χ1v) is 9.56. The molecule has 0 aromatic carbocycles. The van der Waals surface area contributed by atoms with Crippen molar-refractivity contribution in [2.75, 3.05) is 14.1 Å². The lowest BCUT2D eigenvalue weighted by atomic mass is 10.1. The number of carbonyl (C=O) groups is 2. The molecule has 0 aromatic rings. The zero-order chi connectivity index (χ0) is 20.8. The van der Waals surface area contributed by atoms with Gasteiger partial charge < -0.3 is 18.9 Å². The standard InChI is InChI=1S/C18H30N4O6/c1-17(2,3)21-11-9(19(7)15(21)23)25-13(27-11)14-26-10-12(28-14)22(18(4,5)6)16(24)20(10)8/h9-14H,1-8H3/t9-,10-,11-,12+,13-,14+/m1/s1. The van der Waals surface area contributed by atoms with E-state index in [1.165, 1.54) is 9.80 Å². The summed E-state index contributed by atoms with van der Waals surface area (Å²) in [5.41, 5.74) is -0.848. The molecule has 4 aliphatic rings. The Labute approximate surface area is 165 Å². The molecule has 10 heteroatoms. The van der Waals surface area contributed by atoms with Crippen molar-refractivity contribution in [1.29, 1.82) is 0 Å². The van der Waals surface area contributed by atoms with E-state index in [-0.39, 0.29) is 12.1 Å². The smallest absolute Gasteiger partial charge is 0.319 e. The van der Waals surface area contributed by atoms with Crippen molar-refractivity contribution in [3.63, 3.8) is 0 Å². The maximum Gasteiger partial charge on any atom is 0.324 e. The normalized spacial score (nSPS) is 38.7. The monoisotopic (exact) mass is 398 g/mol. The minimum atomic E-state index is -0.800. The molecule has 0 aromatic heterocycles. The zero-order valence-electron chi connectivity index (χ0n) is 17.7. The van der Waals surface area contributed by atoms with E-state index in [0.717, 1.165) is 0 Å². The summed E-state index contributed by atoms with van der Waals surface area (Å²) in [6.45, 7) is 11.7. The van der Waals surface area contributed by atoms with Gasteiger partial charge in [-0.1, -0.05) is 0 Å². The van der Waals surface area contributed by atoms with Gasteiger partial charge in [0.15, 0.2) is 24.9 Å². The quantitative estimate of drug-likeness (QED) is 0.663. The van der Waals surface area contributed by atoms with E-state index in [4.69, 9.17) is 18.9 Å². The average molecular weight is 398 g/mol. The molecule has 4 rings (SSSR count). The topological polar surface area (TPSA) is 84.0 Å². The van der Waals surface area contributed by atoms with Gasteiger partial charge >= 0.3 is 12.1 Å². The van der Waals surface area contributed by atoms with Crippen LogP contribution in [0.3, 0.4) is 0 Å². The maximum absolute atomic E-state index is 12.6. The van der Waals surface area contributed by atoms with Gasteiger partial charge in [0.05, 0.1) is 0 Å². The summed E-state index contributed by atoms with van der Waals surface area (Å²) in [4.78, 5) is 31.5. The molecule has 158 valence electrons. The number of fused-ring (bicyclic) bond motifs is 2. The fourth-order valence-electron chi connectivity index (χ4n) is 4.19. The van der Waals surface area contributed by atoms with Crippen molar-refractivity contribution >= 4 is 12.1 Å². The first-order chi connectivity index (χ1) is 12.8. The Balaban J connectivity index is 1.51. The molecular weight excluding hydrogens is 368 g/mol. The van der Waals surface area contributed by atoms with Crippen LogP contribution in [0.4, 0.5) is 9.59 Å². The van der Waals surface area contributed by atoms with E-state index in [0.29, 0.717) is 0 Å². The van der Waals surface area contributed by atoms with Crippen molar-refractivity contribution in [3.05, 3.63) is 0 Å². The number of likely N-dealkylation sites (N-methyl/N-ethyl adjacent to an activating group) is 2. The Morgan fingerprint density at radius 1 is 0.607 bits per heavy atom. The van der Waals surface area contributed by atoms with Crippen molar-refractivity contribution in [2.45, 2.75) is 90.1 Å². The van der Waals surface area contributed by atoms with Gasteiger partial charge in [0.25, 0.3) is 0 Å².